The third-order valence-electron chi connectivity index (χ3n) is 3.39. The summed E-state index contributed by atoms with van der Waals surface area (Å²) in [6.07, 6.45) is 2.04. The van der Waals surface area contributed by atoms with Gasteiger partial charge in [-0.3, -0.25) is 10.1 Å². The van der Waals surface area contributed by atoms with Crippen LogP contribution in [0.15, 0.2) is 12.1 Å². The van der Waals surface area contributed by atoms with Gasteiger partial charge in [-0.1, -0.05) is 25.4 Å². The van der Waals surface area contributed by atoms with E-state index in [9.17, 15) is 10.1 Å². The van der Waals surface area contributed by atoms with Crippen LogP contribution in [-0.2, 0) is 0 Å². The lowest BCUT2D eigenvalue weighted by Crippen LogP contribution is -2.25. The van der Waals surface area contributed by atoms with Crippen molar-refractivity contribution in [3.05, 3.63) is 27.4 Å². The van der Waals surface area contributed by atoms with E-state index in [0.29, 0.717) is 5.82 Å². The van der Waals surface area contributed by atoms with Gasteiger partial charge in [0, 0.05) is 6.04 Å². The van der Waals surface area contributed by atoms with Crippen molar-refractivity contribution < 1.29 is 4.92 Å². The van der Waals surface area contributed by atoms with Gasteiger partial charge in [0.1, 0.15) is 11.0 Å². The molecule has 1 aromatic heterocycles. The number of aromatic nitrogens is 1. The van der Waals surface area contributed by atoms with Gasteiger partial charge in [-0.2, -0.15) is 0 Å². The van der Waals surface area contributed by atoms with Gasteiger partial charge in [0.15, 0.2) is 0 Å². The maximum atomic E-state index is 10.8. The van der Waals surface area contributed by atoms with E-state index in [2.05, 4.69) is 29.0 Å². The van der Waals surface area contributed by atoms with E-state index in [4.69, 9.17) is 11.6 Å². The zero-order valence-electron chi connectivity index (χ0n) is 12.8. The Bertz CT molecular complexity index is 466. The van der Waals surface area contributed by atoms with E-state index >= 15 is 0 Å². The van der Waals surface area contributed by atoms with Gasteiger partial charge >= 0.3 is 0 Å². The van der Waals surface area contributed by atoms with E-state index in [1.807, 2.05) is 6.92 Å². The molecule has 0 amide bonds. The minimum atomic E-state index is -0.468. The number of pyridine rings is 1. The average molecular weight is 315 g/mol. The van der Waals surface area contributed by atoms with Crippen LogP contribution in [0.25, 0.3) is 0 Å². The van der Waals surface area contributed by atoms with Gasteiger partial charge in [0.2, 0.25) is 0 Å². The maximum Gasteiger partial charge on any atom is 0.276 e. The lowest BCUT2D eigenvalue weighted by Gasteiger charge is -2.20. The second kappa shape index (κ2) is 8.79. The zero-order valence-corrected chi connectivity index (χ0v) is 13.6. The van der Waals surface area contributed by atoms with Crippen LogP contribution < -0.4 is 5.32 Å². The Hall–Kier alpha value is -1.40. The minimum Gasteiger partial charge on any atom is -0.367 e. The molecule has 0 bridgehead atoms. The van der Waals surface area contributed by atoms with Crippen molar-refractivity contribution in [2.75, 3.05) is 25.0 Å². The first-order valence-electron chi connectivity index (χ1n) is 7.27. The van der Waals surface area contributed by atoms with Crippen molar-refractivity contribution in [1.82, 2.24) is 9.88 Å². The van der Waals surface area contributed by atoms with Crippen LogP contribution in [0.3, 0.4) is 0 Å². The van der Waals surface area contributed by atoms with Crippen molar-refractivity contribution in [1.29, 1.82) is 0 Å². The molecule has 1 atom stereocenters. The van der Waals surface area contributed by atoms with Crippen molar-refractivity contribution in [3.8, 4) is 0 Å². The molecule has 6 nitrogen and oxygen atoms in total. The van der Waals surface area contributed by atoms with Gasteiger partial charge in [-0.15, -0.1) is 0 Å². The Morgan fingerprint density at radius 2 is 2.10 bits per heavy atom. The number of nitrogens with zero attached hydrogens (tertiary/aromatic N) is 3. The molecule has 0 spiro atoms. The second-order valence-electron chi connectivity index (χ2n) is 5.00. The smallest absolute Gasteiger partial charge is 0.276 e. The Labute approximate surface area is 130 Å². The molecule has 0 saturated heterocycles. The number of nitro groups is 1. The molecule has 0 aliphatic carbocycles. The molecule has 21 heavy (non-hydrogen) atoms. The number of anilines is 1. The van der Waals surface area contributed by atoms with Crippen LogP contribution in [0.4, 0.5) is 11.5 Å². The first-order valence-corrected chi connectivity index (χ1v) is 7.64. The summed E-state index contributed by atoms with van der Waals surface area (Å²) in [5.74, 6) is 0.449. The first kappa shape index (κ1) is 17.7. The van der Waals surface area contributed by atoms with E-state index in [-0.39, 0.29) is 16.9 Å². The topological polar surface area (TPSA) is 71.3 Å². The molecular formula is C14H23ClN4O2. The molecule has 0 saturated carbocycles. The SMILES string of the molecule is CCN(CC)CCCC(C)Nc1cc([N+](=O)[O-])cc(Cl)n1. The van der Waals surface area contributed by atoms with Crippen LogP contribution in [0, 0.1) is 10.1 Å². The van der Waals surface area contributed by atoms with Crippen molar-refractivity contribution in [3.63, 3.8) is 0 Å². The highest BCUT2D eigenvalue weighted by molar-refractivity contribution is 6.29. The summed E-state index contributed by atoms with van der Waals surface area (Å²) in [6, 6.07) is 2.84. The lowest BCUT2D eigenvalue weighted by molar-refractivity contribution is -0.384. The molecule has 1 rings (SSSR count). The van der Waals surface area contributed by atoms with Gasteiger partial charge in [-0.25, -0.2) is 4.98 Å². The quantitative estimate of drug-likeness (QED) is 0.428. The molecule has 0 aliphatic heterocycles. The van der Waals surface area contributed by atoms with Crippen molar-refractivity contribution in [2.24, 2.45) is 0 Å². The van der Waals surface area contributed by atoms with Gasteiger partial charge < -0.3 is 10.2 Å². The fourth-order valence-electron chi connectivity index (χ4n) is 2.15. The minimum absolute atomic E-state index is 0.0483. The van der Waals surface area contributed by atoms with Crippen molar-refractivity contribution >= 4 is 23.1 Å². The largest absolute Gasteiger partial charge is 0.367 e. The Kier molecular flexibility index (Phi) is 7.39. The summed E-state index contributed by atoms with van der Waals surface area (Å²) < 4.78 is 0. The molecule has 0 radical (unpaired) electrons. The number of halogens is 1. The summed E-state index contributed by atoms with van der Waals surface area (Å²) in [4.78, 5) is 16.8. The maximum absolute atomic E-state index is 10.8. The van der Waals surface area contributed by atoms with Crippen LogP contribution >= 0.6 is 11.6 Å². The molecule has 0 fully saturated rings. The van der Waals surface area contributed by atoms with Crippen molar-refractivity contribution in [2.45, 2.75) is 39.7 Å². The number of hydrogen-bond donors (Lipinski definition) is 1. The van der Waals surface area contributed by atoms with Crippen LogP contribution in [0.1, 0.15) is 33.6 Å². The van der Waals surface area contributed by atoms with E-state index < -0.39 is 4.92 Å². The Morgan fingerprint density at radius 3 is 2.67 bits per heavy atom. The van der Waals surface area contributed by atoms with E-state index in [1.165, 1.54) is 12.1 Å². The van der Waals surface area contributed by atoms with Gasteiger partial charge in [-0.05, 0) is 39.4 Å². The first-order chi connectivity index (χ1) is 9.96. The van der Waals surface area contributed by atoms with Gasteiger partial charge in [0.05, 0.1) is 17.1 Å². The standard InChI is InChI=1S/C14H23ClN4O2/c1-4-18(5-2)8-6-7-11(3)16-14-10-12(19(20)21)9-13(15)17-14/h9-11H,4-8H2,1-3H3,(H,16,17). The summed E-state index contributed by atoms with van der Waals surface area (Å²) in [6.45, 7) is 9.51. The molecule has 7 heteroatoms. The molecule has 1 N–H and O–H groups in total. The molecule has 0 aliphatic rings. The van der Waals surface area contributed by atoms with Crippen LogP contribution in [0.2, 0.25) is 5.15 Å². The molecule has 0 aromatic carbocycles. The van der Waals surface area contributed by atoms with E-state index in [0.717, 1.165) is 32.5 Å². The summed E-state index contributed by atoms with van der Waals surface area (Å²) in [5, 5.41) is 14.1. The lowest BCUT2D eigenvalue weighted by atomic mass is 10.1. The number of rotatable bonds is 9. The molecule has 1 aromatic rings. The molecule has 118 valence electrons. The van der Waals surface area contributed by atoms with E-state index in [1.54, 1.807) is 0 Å². The average Bonchev–Trinajstić information content (AvgIpc) is 2.43. The Balaban J connectivity index is 2.51. The predicted octanol–water partition coefficient (Wildman–Crippen LogP) is 3.57. The fraction of sp³-hybridized carbons (Fsp3) is 0.643. The highest BCUT2D eigenvalue weighted by Crippen LogP contribution is 2.21. The molecular weight excluding hydrogens is 292 g/mol. The molecule has 1 unspecified atom stereocenters. The molecule has 1 heterocycles. The highest BCUT2D eigenvalue weighted by atomic mass is 35.5. The van der Waals surface area contributed by atoms with Crippen LogP contribution in [-0.4, -0.2) is 40.5 Å². The van der Waals surface area contributed by atoms with Gasteiger partial charge in [0.25, 0.3) is 5.69 Å². The number of hydrogen-bond acceptors (Lipinski definition) is 5. The fourth-order valence-corrected chi connectivity index (χ4v) is 2.35. The zero-order chi connectivity index (χ0) is 15.8. The Morgan fingerprint density at radius 1 is 1.43 bits per heavy atom. The second-order valence-corrected chi connectivity index (χ2v) is 5.39. The monoisotopic (exact) mass is 314 g/mol. The van der Waals surface area contributed by atoms with Crippen LogP contribution in [0.5, 0.6) is 0 Å². The highest BCUT2D eigenvalue weighted by Gasteiger charge is 2.12. The normalized spacial score (nSPS) is 12.4. The summed E-state index contributed by atoms with van der Waals surface area (Å²) in [5.41, 5.74) is -0.0483. The summed E-state index contributed by atoms with van der Waals surface area (Å²) in [7, 11) is 0. The number of nitrogens with one attached hydrogen (secondary N) is 1. The third kappa shape index (κ3) is 6.27. The third-order valence-corrected chi connectivity index (χ3v) is 3.58. The predicted molar refractivity (Wildman–Crippen MR) is 86.0 cm³/mol. The summed E-state index contributed by atoms with van der Waals surface area (Å²) >= 11 is 5.80.